The molecule has 27 heavy (non-hydrogen) atoms. The summed E-state index contributed by atoms with van der Waals surface area (Å²) in [4.78, 5) is 17.1. The van der Waals surface area contributed by atoms with Gasteiger partial charge in [0, 0.05) is 30.5 Å². The van der Waals surface area contributed by atoms with Gasteiger partial charge in [-0.05, 0) is 24.6 Å². The molecule has 0 radical (unpaired) electrons. The van der Waals surface area contributed by atoms with Crippen molar-refractivity contribution in [3.8, 4) is 0 Å². The molecule has 1 amide bonds. The minimum absolute atomic E-state index is 0.0464. The van der Waals surface area contributed by atoms with Crippen LogP contribution in [0.3, 0.4) is 0 Å². The normalized spacial score (nSPS) is 11.7. The minimum atomic E-state index is -3.70. The van der Waals surface area contributed by atoms with Crippen LogP contribution in [0.15, 0.2) is 28.5 Å². The van der Waals surface area contributed by atoms with E-state index in [1.165, 1.54) is 19.2 Å². The summed E-state index contributed by atoms with van der Waals surface area (Å²) in [5.74, 6) is 0.00901. The van der Waals surface area contributed by atoms with Gasteiger partial charge in [-0.15, -0.1) is 11.3 Å². The molecule has 1 aromatic carbocycles. The van der Waals surface area contributed by atoms with E-state index in [2.05, 4.69) is 28.9 Å². The van der Waals surface area contributed by atoms with Crippen molar-refractivity contribution in [3.63, 3.8) is 0 Å². The number of sulfonamides is 1. The monoisotopic (exact) mass is 411 g/mol. The Labute approximate surface area is 164 Å². The number of carbonyl (C=O) groups excluding carboxylic acids is 1. The second kappa shape index (κ2) is 9.41. The van der Waals surface area contributed by atoms with Crippen LogP contribution < -0.4 is 10.0 Å². The average Bonchev–Trinajstić information content (AvgIpc) is 3.09. The lowest BCUT2D eigenvalue weighted by atomic mass is 10.1. The van der Waals surface area contributed by atoms with Gasteiger partial charge in [-0.1, -0.05) is 19.9 Å². The number of hydrogen-bond acceptors (Lipinski definition) is 6. The molecule has 0 atom stereocenters. The number of nitrogens with one attached hydrogen (secondary N) is 2. The van der Waals surface area contributed by atoms with Crippen LogP contribution in [0.5, 0.6) is 0 Å². The Morgan fingerprint density at radius 2 is 2.07 bits per heavy atom. The van der Waals surface area contributed by atoms with Crippen LogP contribution >= 0.6 is 11.3 Å². The molecule has 0 fully saturated rings. The Balaban J connectivity index is 2.11. The van der Waals surface area contributed by atoms with Crippen molar-refractivity contribution in [2.45, 2.75) is 38.1 Å². The molecule has 0 spiro atoms. The SMILES string of the molecule is COCCNS(=O)(=O)c1ccc(C)c(C(=O)NCc2csc(C(C)C)n2)c1. The zero-order valence-corrected chi connectivity index (χ0v) is 17.5. The van der Waals surface area contributed by atoms with E-state index in [0.717, 1.165) is 10.7 Å². The first-order valence-corrected chi connectivity index (χ1v) is 10.9. The van der Waals surface area contributed by atoms with Crippen LogP contribution in [-0.4, -0.2) is 39.6 Å². The zero-order chi connectivity index (χ0) is 20.0. The van der Waals surface area contributed by atoms with E-state index in [1.807, 2.05) is 5.38 Å². The lowest BCUT2D eigenvalue weighted by Gasteiger charge is -2.11. The molecule has 7 nitrogen and oxygen atoms in total. The van der Waals surface area contributed by atoms with Crippen molar-refractivity contribution in [2.75, 3.05) is 20.3 Å². The molecule has 0 aliphatic carbocycles. The summed E-state index contributed by atoms with van der Waals surface area (Å²) in [5, 5.41) is 5.75. The summed E-state index contributed by atoms with van der Waals surface area (Å²) >= 11 is 1.56. The van der Waals surface area contributed by atoms with Crippen LogP contribution in [0.2, 0.25) is 0 Å². The number of amides is 1. The van der Waals surface area contributed by atoms with Crippen molar-refractivity contribution in [1.29, 1.82) is 0 Å². The van der Waals surface area contributed by atoms with Crippen molar-refractivity contribution >= 4 is 27.3 Å². The highest BCUT2D eigenvalue weighted by Crippen LogP contribution is 2.19. The van der Waals surface area contributed by atoms with E-state index in [9.17, 15) is 13.2 Å². The van der Waals surface area contributed by atoms with E-state index in [1.54, 1.807) is 24.3 Å². The van der Waals surface area contributed by atoms with Gasteiger partial charge >= 0.3 is 0 Å². The van der Waals surface area contributed by atoms with Crippen molar-refractivity contribution in [2.24, 2.45) is 0 Å². The Bertz CT molecular complexity index is 892. The second-order valence-corrected chi connectivity index (χ2v) is 9.04. The van der Waals surface area contributed by atoms with Crippen LogP contribution in [0.25, 0.3) is 0 Å². The number of benzene rings is 1. The zero-order valence-electron chi connectivity index (χ0n) is 15.9. The Kier molecular flexibility index (Phi) is 7.49. The summed E-state index contributed by atoms with van der Waals surface area (Å²) < 4.78 is 32.0. The van der Waals surface area contributed by atoms with E-state index in [-0.39, 0.29) is 24.0 Å². The molecule has 2 N–H and O–H groups in total. The number of nitrogens with zero attached hydrogens (tertiary/aromatic N) is 1. The maximum atomic E-state index is 12.5. The number of aromatic nitrogens is 1. The number of ether oxygens (including phenoxy) is 1. The lowest BCUT2D eigenvalue weighted by Crippen LogP contribution is -2.28. The van der Waals surface area contributed by atoms with Gasteiger partial charge < -0.3 is 10.1 Å². The molecule has 0 aliphatic heterocycles. The van der Waals surface area contributed by atoms with E-state index < -0.39 is 10.0 Å². The van der Waals surface area contributed by atoms with Crippen molar-refractivity contribution in [1.82, 2.24) is 15.0 Å². The Hall–Kier alpha value is -1.81. The molecule has 0 saturated carbocycles. The maximum Gasteiger partial charge on any atom is 0.251 e. The maximum absolute atomic E-state index is 12.5. The van der Waals surface area contributed by atoms with Gasteiger partial charge in [0.1, 0.15) is 0 Å². The third-order valence-electron chi connectivity index (χ3n) is 3.86. The molecule has 9 heteroatoms. The molecular formula is C18H25N3O4S2. The number of hydrogen-bond donors (Lipinski definition) is 2. The lowest BCUT2D eigenvalue weighted by molar-refractivity contribution is 0.0949. The predicted molar refractivity (Wildman–Crippen MR) is 106 cm³/mol. The summed E-state index contributed by atoms with van der Waals surface area (Å²) in [5.41, 5.74) is 1.81. The largest absolute Gasteiger partial charge is 0.383 e. The fourth-order valence-corrected chi connectivity index (χ4v) is 4.18. The fourth-order valence-electron chi connectivity index (χ4n) is 2.31. The molecule has 0 aliphatic rings. The third kappa shape index (κ3) is 5.83. The Morgan fingerprint density at radius 3 is 2.70 bits per heavy atom. The summed E-state index contributed by atoms with van der Waals surface area (Å²) in [6, 6.07) is 4.50. The first-order chi connectivity index (χ1) is 12.7. The number of thiazole rings is 1. The fraction of sp³-hybridized carbons (Fsp3) is 0.444. The summed E-state index contributed by atoms with van der Waals surface area (Å²) in [6.07, 6.45) is 0. The molecule has 148 valence electrons. The molecule has 1 aromatic heterocycles. The molecule has 0 bridgehead atoms. The molecule has 2 rings (SSSR count). The van der Waals surface area contributed by atoms with E-state index in [4.69, 9.17) is 4.74 Å². The van der Waals surface area contributed by atoms with Crippen molar-refractivity contribution < 1.29 is 17.9 Å². The average molecular weight is 412 g/mol. The van der Waals surface area contributed by atoms with Crippen LogP contribution in [0.1, 0.15) is 46.4 Å². The van der Waals surface area contributed by atoms with Crippen molar-refractivity contribution in [3.05, 3.63) is 45.4 Å². The van der Waals surface area contributed by atoms with Crippen LogP contribution in [0.4, 0.5) is 0 Å². The molecule has 0 unspecified atom stereocenters. The highest BCUT2D eigenvalue weighted by molar-refractivity contribution is 7.89. The first-order valence-electron chi connectivity index (χ1n) is 8.56. The van der Waals surface area contributed by atoms with Gasteiger partial charge in [0.25, 0.3) is 5.91 Å². The molecule has 2 aromatic rings. The van der Waals surface area contributed by atoms with Gasteiger partial charge in [0.2, 0.25) is 10.0 Å². The number of aryl methyl sites for hydroxylation is 1. The standard InChI is InChI=1S/C18H25N3O4S2/c1-12(2)18-21-14(11-26-18)10-19-17(22)16-9-15(6-5-13(16)3)27(23,24)20-7-8-25-4/h5-6,9,11-12,20H,7-8,10H2,1-4H3,(H,19,22). The van der Waals surface area contributed by atoms with Gasteiger partial charge in [0.15, 0.2) is 0 Å². The minimum Gasteiger partial charge on any atom is -0.383 e. The van der Waals surface area contributed by atoms with Gasteiger partial charge in [-0.2, -0.15) is 0 Å². The molecule has 1 heterocycles. The quantitative estimate of drug-likeness (QED) is 0.618. The summed E-state index contributed by atoms with van der Waals surface area (Å²) in [6.45, 7) is 6.63. The Morgan fingerprint density at radius 1 is 1.33 bits per heavy atom. The van der Waals surface area contributed by atoms with Gasteiger partial charge in [-0.3, -0.25) is 4.79 Å². The topological polar surface area (TPSA) is 97.4 Å². The number of carbonyl (C=O) groups is 1. The highest BCUT2D eigenvalue weighted by Gasteiger charge is 2.18. The number of rotatable bonds is 9. The van der Waals surface area contributed by atoms with Gasteiger partial charge in [-0.25, -0.2) is 18.1 Å². The molecule has 0 saturated heterocycles. The first kappa shape index (κ1) is 21.5. The van der Waals surface area contributed by atoms with E-state index >= 15 is 0 Å². The van der Waals surface area contributed by atoms with E-state index in [0.29, 0.717) is 23.6 Å². The third-order valence-corrected chi connectivity index (χ3v) is 6.51. The van der Waals surface area contributed by atoms with Crippen LogP contribution in [-0.2, 0) is 21.3 Å². The summed E-state index contributed by atoms with van der Waals surface area (Å²) in [7, 11) is -2.20. The highest BCUT2D eigenvalue weighted by atomic mass is 32.2. The van der Waals surface area contributed by atoms with Crippen LogP contribution in [0, 0.1) is 6.92 Å². The number of methoxy groups -OCH3 is 1. The van der Waals surface area contributed by atoms with Gasteiger partial charge in [0.05, 0.1) is 28.7 Å². The smallest absolute Gasteiger partial charge is 0.251 e. The second-order valence-electron chi connectivity index (χ2n) is 6.38. The predicted octanol–water partition coefficient (Wildman–Crippen LogP) is 2.43. The molecular weight excluding hydrogens is 386 g/mol.